The molecular formula is C12H14O2. The minimum absolute atomic E-state index is 0.406. The van der Waals surface area contributed by atoms with Gasteiger partial charge in [0, 0.05) is 0 Å². The third kappa shape index (κ3) is 2.02. The number of rotatable bonds is 3. The van der Waals surface area contributed by atoms with Gasteiger partial charge in [-0.25, -0.2) is 4.79 Å². The van der Waals surface area contributed by atoms with Gasteiger partial charge in [0.15, 0.2) is 0 Å². The number of carboxylic acid groups (broad SMARTS) is 1. The third-order valence-corrected chi connectivity index (χ3v) is 2.14. The summed E-state index contributed by atoms with van der Waals surface area (Å²) in [5.41, 5.74) is 2.30. The Balaban J connectivity index is 3.31. The normalized spacial score (nSPS) is 10.7. The first kappa shape index (κ1) is 10.5. The largest absolute Gasteiger partial charge is 0.478 e. The van der Waals surface area contributed by atoms with Crippen molar-refractivity contribution in [2.24, 2.45) is 0 Å². The second kappa shape index (κ2) is 4.61. The summed E-state index contributed by atoms with van der Waals surface area (Å²) in [7, 11) is 0. The Hall–Kier alpha value is -1.57. The fourth-order valence-corrected chi connectivity index (χ4v) is 1.54. The number of hydrogen-bond acceptors (Lipinski definition) is 1. The number of hydrogen-bond donors (Lipinski definition) is 1. The van der Waals surface area contributed by atoms with Crippen LogP contribution in [0.4, 0.5) is 0 Å². The van der Waals surface area contributed by atoms with Crippen LogP contribution < -0.4 is 0 Å². The van der Waals surface area contributed by atoms with Gasteiger partial charge in [0.25, 0.3) is 0 Å². The molecule has 0 aliphatic rings. The van der Waals surface area contributed by atoms with Gasteiger partial charge in [0.1, 0.15) is 0 Å². The molecule has 0 aliphatic heterocycles. The summed E-state index contributed by atoms with van der Waals surface area (Å²) in [4.78, 5) is 10.9. The highest BCUT2D eigenvalue weighted by Crippen LogP contribution is 2.17. The molecule has 1 aromatic carbocycles. The standard InChI is InChI=1S/C12H14O2/c1-3-6-9-7-5-8-11(12(13)14)10(9)4-2/h3,5-8H,4H2,1-2H3,(H,13,14)/b6-3+. The molecule has 0 heterocycles. The van der Waals surface area contributed by atoms with Gasteiger partial charge in [-0.2, -0.15) is 0 Å². The lowest BCUT2D eigenvalue weighted by Gasteiger charge is -2.06. The van der Waals surface area contributed by atoms with Crippen LogP contribution in [-0.4, -0.2) is 11.1 Å². The molecule has 0 spiro atoms. The minimum Gasteiger partial charge on any atom is -0.478 e. The van der Waals surface area contributed by atoms with E-state index in [0.29, 0.717) is 5.56 Å². The zero-order chi connectivity index (χ0) is 10.6. The van der Waals surface area contributed by atoms with Gasteiger partial charge in [-0.15, -0.1) is 0 Å². The molecule has 0 unspecified atom stereocenters. The molecule has 1 rings (SSSR count). The first-order valence-corrected chi connectivity index (χ1v) is 4.68. The summed E-state index contributed by atoms with van der Waals surface area (Å²) in [6.45, 7) is 3.89. The fourth-order valence-electron chi connectivity index (χ4n) is 1.54. The molecule has 1 N–H and O–H groups in total. The number of carboxylic acids is 1. The van der Waals surface area contributed by atoms with E-state index in [1.54, 1.807) is 12.1 Å². The van der Waals surface area contributed by atoms with E-state index in [-0.39, 0.29) is 0 Å². The van der Waals surface area contributed by atoms with Crippen LogP contribution in [0.1, 0.15) is 35.3 Å². The van der Waals surface area contributed by atoms with Crippen molar-refractivity contribution in [1.82, 2.24) is 0 Å². The minimum atomic E-state index is -0.854. The molecule has 0 radical (unpaired) electrons. The Kier molecular flexibility index (Phi) is 3.46. The molecule has 2 heteroatoms. The second-order valence-electron chi connectivity index (χ2n) is 3.03. The highest BCUT2D eigenvalue weighted by molar-refractivity contribution is 5.90. The van der Waals surface area contributed by atoms with Gasteiger partial charge in [-0.3, -0.25) is 0 Å². The average Bonchev–Trinajstić information content (AvgIpc) is 2.18. The Bertz CT molecular complexity index is 365. The van der Waals surface area contributed by atoms with Crippen LogP contribution in [0.25, 0.3) is 6.08 Å². The SMILES string of the molecule is C/C=C/c1cccc(C(=O)O)c1CC. The van der Waals surface area contributed by atoms with E-state index in [0.717, 1.165) is 17.5 Å². The quantitative estimate of drug-likeness (QED) is 0.795. The smallest absolute Gasteiger partial charge is 0.335 e. The summed E-state index contributed by atoms with van der Waals surface area (Å²) in [6.07, 6.45) is 4.59. The first-order chi connectivity index (χ1) is 6.70. The lowest BCUT2D eigenvalue weighted by atomic mass is 9.98. The topological polar surface area (TPSA) is 37.3 Å². The molecule has 0 aromatic heterocycles. The Morgan fingerprint density at radius 2 is 2.21 bits per heavy atom. The van der Waals surface area contributed by atoms with E-state index in [1.807, 2.05) is 32.1 Å². The number of benzene rings is 1. The van der Waals surface area contributed by atoms with E-state index in [4.69, 9.17) is 5.11 Å². The maximum absolute atomic E-state index is 10.9. The Morgan fingerprint density at radius 3 is 2.71 bits per heavy atom. The second-order valence-corrected chi connectivity index (χ2v) is 3.03. The van der Waals surface area contributed by atoms with Crippen LogP contribution in [0, 0.1) is 0 Å². The molecule has 0 bridgehead atoms. The molecule has 0 saturated carbocycles. The summed E-state index contributed by atoms with van der Waals surface area (Å²) in [5, 5.41) is 8.97. The average molecular weight is 190 g/mol. The van der Waals surface area contributed by atoms with E-state index >= 15 is 0 Å². The van der Waals surface area contributed by atoms with Gasteiger partial charge in [0.05, 0.1) is 5.56 Å². The van der Waals surface area contributed by atoms with Crippen LogP contribution >= 0.6 is 0 Å². The highest BCUT2D eigenvalue weighted by Gasteiger charge is 2.10. The number of aromatic carboxylic acids is 1. The predicted molar refractivity (Wildman–Crippen MR) is 57.5 cm³/mol. The van der Waals surface area contributed by atoms with E-state index in [1.165, 1.54) is 0 Å². The van der Waals surface area contributed by atoms with E-state index < -0.39 is 5.97 Å². The molecule has 0 saturated heterocycles. The lowest BCUT2D eigenvalue weighted by molar-refractivity contribution is 0.0695. The lowest BCUT2D eigenvalue weighted by Crippen LogP contribution is -2.03. The molecule has 0 amide bonds. The summed E-state index contributed by atoms with van der Waals surface area (Å²) in [5.74, 6) is -0.854. The van der Waals surface area contributed by atoms with E-state index in [2.05, 4.69) is 0 Å². The maximum atomic E-state index is 10.9. The fraction of sp³-hybridized carbons (Fsp3) is 0.250. The number of carbonyl (C=O) groups is 1. The molecule has 74 valence electrons. The van der Waals surface area contributed by atoms with Crippen molar-refractivity contribution in [2.75, 3.05) is 0 Å². The maximum Gasteiger partial charge on any atom is 0.335 e. The third-order valence-electron chi connectivity index (χ3n) is 2.14. The number of allylic oxidation sites excluding steroid dienone is 1. The monoisotopic (exact) mass is 190 g/mol. The van der Waals surface area contributed by atoms with Crippen LogP contribution in [0.5, 0.6) is 0 Å². The van der Waals surface area contributed by atoms with Gasteiger partial charge in [-0.1, -0.05) is 31.2 Å². The summed E-state index contributed by atoms with van der Waals surface area (Å²) >= 11 is 0. The van der Waals surface area contributed by atoms with Crippen LogP contribution in [-0.2, 0) is 6.42 Å². The first-order valence-electron chi connectivity index (χ1n) is 4.68. The summed E-state index contributed by atoms with van der Waals surface area (Å²) in [6, 6.07) is 5.36. The van der Waals surface area contributed by atoms with Gasteiger partial charge in [-0.05, 0) is 30.5 Å². The van der Waals surface area contributed by atoms with Crippen LogP contribution in [0.3, 0.4) is 0 Å². The van der Waals surface area contributed by atoms with Gasteiger partial charge >= 0.3 is 5.97 Å². The van der Waals surface area contributed by atoms with Crippen molar-refractivity contribution < 1.29 is 9.90 Å². The highest BCUT2D eigenvalue weighted by atomic mass is 16.4. The van der Waals surface area contributed by atoms with Crippen molar-refractivity contribution in [3.63, 3.8) is 0 Å². The van der Waals surface area contributed by atoms with E-state index in [9.17, 15) is 4.79 Å². The molecule has 14 heavy (non-hydrogen) atoms. The van der Waals surface area contributed by atoms with Gasteiger partial charge < -0.3 is 5.11 Å². The molecule has 0 fully saturated rings. The Morgan fingerprint density at radius 1 is 1.50 bits per heavy atom. The Labute approximate surface area is 83.9 Å². The molecule has 2 nitrogen and oxygen atoms in total. The van der Waals surface area contributed by atoms with Crippen molar-refractivity contribution in [3.8, 4) is 0 Å². The molecule has 0 atom stereocenters. The molecule has 1 aromatic rings. The van der Waals surface area contributed by atoms with Crippen LogP contribution in [0.15, 0.2) is 24.3 Å². The zero-order valence-electron chi connectivity index (χ0n) is 8.45. The van der Waals surface area contributed by atoms with Crippen molar-refractivity contribution in [1.29, 1.82) is 0 Å². The van der Waals surface area contributed by atoms with Gasteiger partial charge in [0.2, 0.25) is 0 Å². The zero-order valence-corrected chi connectivity index (χ0v) is 8.45. The van der Waals surface area contributed by atoms with Crippen molar-refractivity contribution in [3.05, 3.63) is 41.0 Å². The summed E-state index contributed by atoms with van der Waals surface area (Å²) < 4.78 is 0. The predicted octanol–water partition coefficient (Wildman–Crippen LogP) is 2.98. The molecule has 0 aliphatic carbocycles. The van der Waals surface area contributed by atoms with Crippen molar-refractivity contribution in [2.45, 2.75) is 20.3 Å². The van der Waals surface area contributed by atoms with Crippen molar-refractivity contribution >= 4 is 12.0 Å². The van der Waals surface area contributed by atoms with Crippen LogP contribution in [0.2, 0.25) is 0 Å². The molecular weight excluding hydrogens is 176 g/mol.